The number of hydrogen-bond acceptors (Lipinski definition) is 6. The van der Waals surface area contributed by atoms with Crippen LogP contribution in [0.15, 0.2) is 303 Å². The minimum Gasteiger partial charge on any atom is -0.309 e. The van der Waals surface area contributed by atoms with Crippen LogP contribution >= 0.6 is 0 Å². The summed E-state index contributed by atoms with van der Waals surface area (Å²) < 4.78 is 177. The minimum absolute atomic E-state index is 0.101. The SMILES string of the molecule is FC(F)(F)c1cc(-c2ccc3c(c2)c2ccccc2n3-c2ccc(-c3nc(-c4ccccc4)nc(-c4ccccc4)n3)cc2-c2cccc(-c3cc(-c4nc(-c5ccccc5)nc(-c5ccccc5)n4)ccc3-n3c4ccccc4c4cc(-c5cc(C(F)(F)F)cc(C(F)(F)F)c5)ccc43)c2)cc(C(F)(F)F)c1. The molecule has 0 unspecified atom stereocenters. The quantitative estimate of drug-likeness (QED) is 0.113. The van der Waals surface area contributed by atoms with E-state index in [-0.39, 0.29) is 34.4 Å². The van der Waals surface area contributed by atoms with Gasteiger partial charge in [-0.25, -0.2) is 29.9 Å². The monoisotopic (exact) mass is 1450 g/mol. The fraction of sp³-hybridized carbons (Fsp3) is 0.0455. The lowest BCUT2D eigenvalue weighted by Crippen LogP contribution is -2.11. The van der Waals surface area contributed by atoms with Gasteiger partial charge < -0.3 is 9.13 Å². The second-order valence-electron chi connectivity index (χ2n) is 25.9. The van der Waals surface area contributed by atoms with Crippen molar-refractivity contribution in [2.24, 2.45) is 0 Å². The average Bonchev–Trinajstić information content (AvgIpc) is 1.55. The van der Waals surface area contributed by atoms with E-state index in [0.717, 1.165) is 0 Å². The van der Waals surface area contributed by atoms with E-state index in [9.17, 15) is 52.7 Å². The summed E-state index contributed by atoms with van der Waals surface area (Å²) in [7, 11) is 0. The lowest BCUT2D eigenvalue weighted by atomic mass is 9.94. The Hall–Kier alpha value is -13.4. The van der Waals surface area contributed by atoms with Gasteiger partial charge in [-0.15, -0.1) is 0 Å². The molecule has 108 heavy (non-hydrogen) atoms. The van der Waals surface area contributed by atoms with Gasteiger partial charge in [-0.2, -0.15) is 52.7 Å². The summed E-state index contributed by atoms with van der Waals surface area (Å²) in [5.41, 5.74) is 3.71. The summed E-state index contributed by atoms with van der Waals surface area (Å²) in [6.07, 6.45) is -20.4. The van der Waals surface area contributed by atoms with Crippen LogP contribution in [0.5, 0.6) is 0 Å². The van der Waals surface area contributed by atoms with Crippen molar-refractivity contribution in [2.75, 3.05) is 0 Å². The maximum absolute atomic E-state index is 14.4. The first-order chi connectivity index (χ1) is 52.0. The van der Waals surface area contributed by atoms with Gasteiger partial charge >= 0.3 is 24.7 Å². The molecule has 17 rings (SSSR count). The highest BCUT2D eigenvalue weighted by molar-refractivity contribution is 6.12. The Kier molecular flexibility index (Phi) is 16.5. The molecule has 20 heteroatoms. The number of aromatic nitrogens is 8. The van der Waals surface area contributed by atoms with Gasteiger partial charge in [0.05, 0.1) is 55.7 Å². The summed E-state index contributed by atoms with van der Waals surface area (Å²) >= 11 is 0. The first-order valence-corrected chi connectivity index (χ1v) is 33.8. The molecular formula is C88H50F12N8. The third-order valence-corrected chi connectivity index (χ3v) is 19.1. The Balaban J connectivity index is 0.914. The van der Waals surface area contributed by atoms with Crippen LogP contribution in [0.25, 0.3) is 168 Å². The lowest BCUT2D eigenvalue weighted by Gasteiger charge is -2.19. The van der Waals surface area contributed by atoms with Gasteiger partial charge in [0, 0.05) is 66.1 Å². The largest absolute Gasteiger partial charge is 0.416 e. The summed E-state index contributed by atoms with van der Waals surface area (Å²) in [4.78, 5) is 30.4. The van der Waals surface area contributed by atoms with Gasteiger partial charge in [-0.3, -0.25) is 0 Å². The van der Waals surface area contributed by atoms with E-state index < -0.39 is 47.0 Å². The lowest BCUT2D eigenvalue weighted by molar-refractivity contribution is -0.144. The number of benzene rings is 13. The van der Waals surface area contributed by atoms with Crippen LogP contribution in [-0.4, -0.2) is 39.0 Å². The third-order valence-electron chi connectivity index (χ3n) is 19.1. The summed E-state index contributed by atoms with van der Waals surface area (Å²) in [6.45, 7) is 0. The van der Waals surface area contributed by atoms with Gasteiger partial charge in [0.2, 0.25) is 0 Å². The Bertz CT molecular complexity index is 5810. The molecule has 17 aromatic rings. The van der Waals surface area contributed by atoms with Crippen molar-refractivity contribution in [1.82, 2.24) is 39.0 Å². The molecule has 0 aliphatic heterocycles. The molecule has 526 valence electrons. The first kappa shape index (κ1) is 67.8. The molecule has 0 bridgehead atoms. The molecule has 4 aromatic heterocycles. The van der Waals surface area contributed by atoms with E-state index in [4.69, 9.17) is 29.9 Å². The average molecular weight is 1450 g/mol. The fourth-order valence-electron chi connectivity index (χ4n) is 14.0. The molecule has 0 radical (unpaired) electrons. The minimum atomic E-state index is -5.10. The van der Waals surface area contributed by atoms with Gasteiger partial charge in [0.15, 0.2) is 34.9 Å². The zero-order chi connectivity index (χ0) is 74.4. The molecule has 0 saturated heterocycles. The Morgan fingerprint density at radius 1 is 0.185 bits per heavy atom. The number of halogens is 12. The number of rotatable bonds is 12. The van der Waals surface area contributed by atoms with Crippen molar-refractivity contribution >= 4 is 43.6 Å². The second kappa shape index (κ2) is 26.3. The van der Waals surface area contributed by atoms with E-state index in [1.54, 1.807) is 36.4 Å². The van der Waals surface area contributed by atoms with Crippen molar-refractivity contribution < 1.29 is 52.7 Å². The van der Waals surface area contributed by atoms with Crippen LogP contribution in [0.4, 0.5) is 52.7 Å². The Labute approximate surface area is 606 Å². The molecule has 8 nitrogen and oxygen atoms in total. The molecule has 0 aliphatic carbocycles. The zero-order valence-electron chi connectivity index (χ0n) is 56.0. The number of nitrogens with zero attached hydrogens (tertiary/aromatic N) is 8. The Morgan fingerprint density at radius 2 is 0.454 bits per heavy atom. The maximum Gasteiger partial charge on any atom is 0.416 e. The van der Waals surface area contributed by atoms with E-state index in [2.05, 4.69) is 0 Å². The predicted octanol–water partition coefficient (Wildman–Crippen LogP) is 25.0. The maximum atomic E-state index is 14.4. The van der Waals surface area contributed by atoms with Crippen LogP contribution in [0.2, 0.25) is 0 Å². The van der Waals surface area contributed by atoms with E-state index in [1.807, 2.05) is 228 Å². The summed E-state index contributed by atoms with van der Waals surface area (Å²) in [6, 6.07) is 84.2. The van der Waals surface area contributed by atoms with Crippen molar-refractivity contribution in [3.05, 3.63) is 326 Å². The van der Waals surface area contributed by atoms with Crippen LogP contribution in [0, 0.1) is 0 Å². The number of para-hydroxylation sites is 2. The molecule has 4 heterocycles. The molecule has 0 saturated carbocycles. The van der Waals surface area contributed by atoms with Crippen LogP contribution in [-0.2, 0) is 24.7 Å². The van der Waals surface area contributed by atoms with E-state index >= 15 is 0 Å². The fourth-order valence-corrected chi connectivity index (χ4v) is 14.0. The molecule has 0 aliphatic rings. The molecule has 0 atom stereocenters. The molecule has 0 N–H and O–H groups in total. The smallest absolute Gasteiger partial charge is 0.309 e. The topological polar surface area (TPSA) is 87.2 Å². The molecule has 0 fully saturated rings. The van der Waals surface area contributed by atoms with Gasteiger partial charge in [0.25, 0.3) is 0 Å². The number of fused-ring (bicyclic) bond motifs is 6. The highest BCUT2D eigenvalue weighted by Gasteiger charge is 2.39. The highest BCUT2D eigenvalue weighted by atomic mass is 19.4. The molecule has 0 amide bonds. The van der Waals surface area contributed by atoms with Gasteiger partial charge in [-0.05, 0) is 149 Å². The van der Waals surface area contributed by atoms with Crippen molar-refractivity contribution in [3.8, 4) is 124 Å². The molecule has 13 aromatic carbocycles. The van der Waals surface area contributed by atoms with Crippen LogP contribution in [0.1, 0.15) is 22.3 Å². The summed E-state index contributed by atoms with van der Waals surface area (Å²) in [5, 5.41) is 2.28. The van der Waals surface area contributed by atoms with E-state index in [1.165, 1.54) is 12.1 Å². The zero-order valence-corrected chi connectivity index (χ0v) is 56.0. The standard InChI is InChI=1S/C88H50F12N8/c89-85(90,91)63-41-61(42-64(49-63)86(92,93)94)55-32-36-77-71(45-55)67-28-13-15-30-73(67)107(77)75-38-34-59(83-103-79(51-18-5-1-6-19-51)101-80(104-83)52-20-7-2-8-21-52)47-69(75)57-26-17-27-58(40-57)70-48-60(84-105-81(53-22-9-3-10-23-53)102-82(106-84)54-24-11-4-12-25-54)35-39-76(70)108-74-31-16-14-29-68(74)72-46-56(33-37-78(72)108)62-43-65(87(95,96)97)50-66(44-62)88(98,99)100/h1-50H. The summed E-state index contributed by atoms with van der Waals surface area (Å²) in [5.74, 6) is 2.16. The van der Waals surface area contributed by atoms with Crippen molar-refractivity contribution in [3.63, 3.8) is 0 Å². The van der Waals surface area contributed by atoms with Crippen molar-refractivity contribution in [1.29, 1.82) is 0 Å². The van der Waals surface area contributed by atoms with Gasteiger partial charge in [-0.1, -0.05) is 188 Å². The van der Waals surface area contributed by atoms with Crippen LogP contribution in [0.3, 0.4) is 0 Å². The third kappa shape index (κ3) is 12.8. The predicted molar refractivity (Wildman–Crippen MR) is 396 cm³/mol. The Morgan fingerprint density at radius 3 is 0.769 bits per heavy atom. The van der Waals surface area contributed by atoms with E-state index in [0.29, 0.717) is 170 Å². The van der Waals surface area contributed by atoms with Crippen molar-refractivity contribution in [2.45, 2.75) is 24.7 Å². The highest BCUT2D eigenvalue weighted by Crippen LogP contribution is 2.47. The number of hydrogen-bond donors (Lipinski definition) is 0. The first-order valence-electron chi connectivity index (χ1n) is 33.8. The second-order valence-corrected chi connectivity index (χ2v) is 25.9. The molecule has 0 spiro atoms. The molecular weight excluding hydrogens is 1400 g/mol. The van der Waals surface area contributed by atoms with Gasteiger partial charge in [0.1, 0.15) is 0 Å². The normalized spacial score (nSPS) is 12.3. The van der Waals surface area contributed by atoms with Crippen LogP contribution < -0.4 is 0 Å². The number of alkyl halides is 12.